The van der Waals surface area contributed by atoms with Gasteiger partial charge in [0.05, 0.1) is 34.4 Å². The molecule has 0 aliphatic carbocycles. The molecule has 2 aromatic carbocycles. The topological polar surface area (TPSA) is 85.8 Å². The highest BCUT2D eigenvalue weighted by molar-refractivity contribution is 5.99. The van der Waals surface area contributed by atoms with E-state index in [4.69, 9.17) is 10.5 Å². The van der Waals surface area contributed by atoms with E-state index in [1.165, 1.54) is 17.2 Å². The Labute approximate surface area is 200 Å². The molecule has 0 unspecified atom stereocenters. The highest BCUT2D eigenvalue weighted by Gasteiger charge is 2.47. The molecule has 1 saturated heterocycles. The summed E-state index contributed by atoms with van der Waals surface area (Å²) in [5, 5.41) is 0. The lowest BCUT2D eigenvalue weighted by Crippen LogP contribution is -2.44. The van der Waals surface area contributed by atoms with Crippen LogP contribution in [0, 0.1) is 18.6 Å². The largest absolute Gasteiger partial charge is 0.484 e. The third-order valence-corrected chi connectivity index (χ3v) is 6.83. The second-order valence-electron chi connectivity index (χ2n) is 8.93. The van der Waals surface area contributed by atoms with E-state index in [2.05, 4.69) is 9.97 Å². The average molecular weight is 503 g/mol. The molecule has 36 heavy (non-hydrogen) atoms. The molecule has 0 bridgehead atoms. The van der Waals surface area contributed by atoms with Gasteiger partial charge in [0.15, 0.2) is 11.6 Å². The maximum Gasteiger partial charge on any atom is 0.419 e. The van der Waals surface area contributed by atoms with Crippen LogP contribution in [0.3, 0.4) is 0 Å². The zero-order valence-electron chi connectivity index (χ0n) is 18.7. The third kappa shape index (κ3) is 3.12. The molecule has 0 radical (unpaired) electrons. The van der Waals surface area contributed by atoms with Gasteiger partial charge in [0.1, 0.15) is 29.1 Å². The summed E-state index contributed by atoms with van der Waals surface area (Å²) in [6.07, 6.45) is -3.26. The standard InChI is InChI=1S/C24H18F5N5O2/c1-10-31-9-17-22(30)32-15-8-14(25)12(7-16(15)34(10)17)23(35)33-6-2-3-18-20(33)11-4-5-13(24(27,28)29)19(26)21(11)36-18/h4-5,7-9,18,20H,2-3,6H2,1H3,(H2,30,32)/t18-,20-/m0/s1. The van der Waals surface area contributed by atoms with Gasteiger partial charge in [0.2, 0.25) is 0 Å². The number of halogens is 5. The first kappa shape index (κ1) is 22.5. The summed E-state index contributed by atoms with van der Waals surface area (Å²) in [6.45, 7) is 1.92. The van der Waals surface area contributed by atoms with E-state index in [-0.39, 0.29) is 29.0 Å². The second-order valence-corrected chi connectivity index (χ2v) is 8.93. The fraction of sp³-hybridized carbons (Fsp3) is 0.292. The Hall–Kier alpha value is -3.96. The normalized spacial score (nSPS) is 19.4. The summed E-state index contributed by atoms with van der Waals surface area (Å²) in [5.74, 6) is -2.85. The summed E-state index contributed by atoms with van der Waals surface area (Å²) in [6, 6.07) is 3.37. The number of rotatable bonds is 1. The minimum atomic E-state index is -4.89. The molecule has 12 heteroatoms. The van der Waals surface area contributed by atoms with Crippen molar-refractivity contribution in [2.45, 2.75) is 38.1 Å². The highest BCUT2D eigenvalue weighted by Crippen LogP contribution is 2.48. The molecular formula is C24H18F5N5O2. The van der Waals surface area contributed by atoms with Crippen LogP contribution in [0.5, 0.6) is 5.75 Å². The number of aromatic nitrogens is 3. The Morgan fingerprint density at radius 3 is 2.72 bits per heavy atom. The minimum Gasteiger partial charge on any atom is -0.484 e. The van der Waals surface area contributed by atoms with Gasteiger partial charge in [-0.05, 0) is 31.9 Å². The monoisotopic (exact) mass is 503 g/mol. The number of anilines is 1. The first-order chi connectivity index (χ1) is 17.1. The zero-order chi connectivity index (χ0) is 25.5. The summed E-state index contributed by atoms with van der Waals surface area (Å²) in [7, 11) is 0. The zero-order valence-corrected chi connectivity index (χ0v) is 18.7. The third-order valence-electron chi connectivity index (χ3n) is 6.83. The van der Waals surface area contributed by atoms with Gasteiger partial charge in [0, 0.05) is 18.2 Å². The molecule has 2 aliphatic rings. The molecule has 0 saturated carbocycles. The van der Waals surface area contributed by atoms with Gasteiger partial charge >= 0.3 is 6.18 Å². The van der Waals surface area contributed by atoms with Crippen LogP contribution in [0.1, 0.15) is 46.2 Å². The number of nitrogens with two attached hydrogens (primary N) is 1. The van der Waals surface area contributed by atoms with Crippen molar-refractivity contribution >= 4 is 28.3 Å². The van der Waals surface area contributed by atoms with Gasteiger partial charge in [0.25, 0.3) is 5.91 Å². The number of hydrogen-bond acceptors (Lipinski definition) is 5. The van der Waals surface area contributed by atoms with Crippen molar-refractivity contribution in [1.29, 1.82) is 0 Å². The second kappa shape index (κ2) is 7.52. The number of alkyl halides is 3. The molecule has 4 heterocycles. The first-order valence-corrected chi connectivity index (χ1v) is 11.2. The highest BCUT2D eigenvalue weighted by atomic mass is 19.4. The number of imidazole rings is 1. The molecule has 186 valence electrons. The van der Waals surface area contributed by atoms with Gasteiger partial charge in [-0.3, -0.25) is 9.20 Å². The molecule has 7 nitrogen and oxygen atoms in total. The lowest BCUT2D eigenvalue weighted by Gasteiger charge is -2.36. The fourth-order valence-corrected chi connectivity index (χ4v) is 5.23. The number of carbonyl (C=O) groups is 1. The quantitative estimate of drug-likeness (QED) is 0.377. The van der Waals surface area contributed by atoms with Crippen LogP contribution in [0.4, 0.5) is 27.8 Å². The van der Waals surface area contributed by atoms with Gasteiger partial charge in [-0.2, -0.15) is 13.2 Å². The Morgan fingerprint density at radius 2 is 1.97 bits per heavy atom. The number of hydrogen-bond donors (Lipinski definition) is 1. The lowest BCUT2D eigenvalue weighted by molar-refractivity contribution is -0.140. The molecule has 1 fully saturated rings. The van der Waals surface area contributed by atoms with Crippen LogP contribution >= 0.6 is 0 Å². The van der Waals surface area contributed by atoms with E-state index >= 15 is 4.39 Å². The van der Waals surface area contributed by atoms with Crippen LogP contribution in [-0.2, 0) is 6.18 Å². The lowest BCUT2D eigenvalue weighted by atomic mass is 9.93. The molecule has 2 atom stereocenters. The summed E-state index contributed by atoms with van der Waals surface area (Å²) in [5.41, 5.74) is 5.53. The number of carbonyl (C=O) groups excluding carboxylic acids is 1. The maximum absolute atomic E-state index is 15.2. The molecule has 0 spiro atoms. The van der Waals surface area contributed by atoms with Gasteiger partial charge in [-0.15, -0.1) is 0 Å². The number of amides is 1. The average Bonchev–Trinajstić information content (AvgIpc) is 3.40. The Bertz CT molecular complexity index is 1580. The smallest absolute Gasteiger partial charge is 0.419 e. The summed E-state index contributed by atoms with van der Waals surface area (Å²) >= 11 is 0. The number of benzene rings is 2. The number of aryl methyl sites for hydroxylation is 1. The van der Waals surface area contributed by atoms with Crippen molar-refractivity contribution in [1.82, 2.24) is 19.3 Å². The molecular weight excluding hydrogens is 485 g/mol. The van der Waals surface area contributed by atoms with Crippen molar-refractivity contribution in [3.8, 4) is 5.75 Å². The van der Waals surface area contributed by atoms with E-state index in [1.807, 2.05) is 0 Å². The van der Waals surface area contributed by atoms with Crippen molar-refractivity contribution in [2.75, 3.05) is 12.3 Å². The Kier molecular flexibility index (Phi) is 4.70. The van der Waals surface area contributed by atoms with Gasteiger partial charge < -0.3 is 15.4 Å². The number of likely N-dealkylation sites (tertiary alicyclic amines) is 1. The van der Waals surface area contributed by atoms with Gasteiger partial charge in [-0.25, -0.2) is 18.7 Å². The van der Waals surface area contributed by atoms with E-state index in [9.17, 15) is 22.4 Å². The molecule has 2 N–H and O–H groups in total. The SMILES string of the molecule is Cc1ncc2c(N)nc3cc(F)c(C(=O)N4CCC[C@@H]5Oc6c(ccc(C(F)(F)F)c6F)[C@@H]54)cc3n12. The summed E-state index contributed by atoms with van der Waals surface area (Å²) < 4.78 is 76.8. The predicted octanol–water partition coefficient (Wildman–Crippen LogP) is 4.81. The Balaban J connectivity index is 1.46. The van der Waals surface area contributed by atoms with Crippen LogP contribution in [-0.4, -0.2) is 37.8 Å². The van der Waals surface area contributed by atoms with Crippen LogP contribution in [0.25, 0.3) is 16.6 Å². The molecule has 6 rings (SSSR count). The van der Waals surface area contributed by atoms with Gasteiger partial charge in [-0.1, -0.05) is 6.07 Å². The van der Waals surface area contributed by atoms with E-state index < -0.39 is 47.2 Å². The van der Waals surface area contributed by atoms with E-state index in [0.717, 1.165) is 12.1 Å². The molecule has 2 aliphatic heterocycles. The molecule has 2 aromatic heterocycles. The fourth-order valence-electron chi connectivity index (χ4n) is 5.23. The summed E-state index contributed by atoms with van der Waals surface area (Å²) in [4.78, 5) is 23.4. The van der Waals surface area contributed by atoms with Crippen LogP contribution < -0.4 is 10.5 Å². The van der Waals surface area contributed by atoms with Crippen molar-refractivity contribution in [2.24, 2.45) is 0 Å². The number of nitrogen functional groups attached to an aromatic ring is 1. The Morgan fingerprint density at radius 1 is 1.19 bits per heavy atom. The van der Waals surface area contributed by atoms with Crippen molar-refractivity contribution < 1.29 is 31.5 Å². The molecule has 4 aromatic rings. The van der Waals surface area contributed by atoms with Crippen LogP contribution in [0.2, 0.25) is 0 Å². The van der Waals surface area contributed by atoms with E-state index in [1.54, 1.807) is 11.3 Å². The van der Waals surface area contributed by atoms with Crippen molar-refractivity contribution in [3.63, 3.8) is 0 Å². The maximum atomic E-state index is 15.2. The van der Waals surface area contributed by atoms with Crippen LogP contribution in [0.15, 0.2) is 30.5 Å². The predicted molar refractivity (Wildman–Crippen MR) is 118 cm³/mol. The van der Waals surface area contributed by atoms with Crippen molar-refractivity contribution in [3.05, 3.63) is 64.6 Å². The number of fused-ring (bicyclic) bond motifs is 6. The molecule has 1 amide bonds. The first-order valence-electron chi connectivity index (χ1n) is 11.2. The number of piperidine rings is 1. The van der Waals surface area contributed by atoms with E-state index in [0.29, 0.717) is 35.8 Å². The number of nitrogens with zero attached hydrogens (tertiary/aromatic N) is 4. The minimum absolute atomic E-state index is 0.127. The number of ether oxygens (including phenoxy) is 1.